The highest BCUT2D eigenvalue weighted by Gasteiger charge is 2.25. The minimum atomic E-state index is -0.988. The van der Waals surface area contributed by atoms with Crippen LogP contribution in [0.5, 0.6) is 0 Å². The SMILES string of the molecule is COC(=O)[C@H](COCC(CC=O)Cc1ccccc1)NC(=O)OC(C)(C)C. The first-order valence-electron chi connectivity index (χ1n) is 8.87. The minimum Gasteiger partial charge on any atom is -0.467 e. The molecule has 1 aromatic rings. The Morgan fingerprint density at radius 2 is 1.81 bits per heavy atom. The fourth-order valence-electron chi connectivity index (χ4n) is 2.41. The van der Waals surface area contributed by atoms with Crippen LogP contribution in [-0.2, 0) is 30.2 Å². The van der Waals surface area contributed by atoms with Gasteiger partial charge in [0.2, 0.25) is 0 Å². The summed E-state index contributed by atoms with van der Waals surface area (Å²) in [5.41, 5.74) is 0.417. The van der Waals surface area contributed by atoms with Crippen LogP contribution in [0.4, 0.5) is 4.79 Å². The standard InChI is InChI=1S/C20H29NO6/c1-20(2,3)27-19(24)21-17(18(23)25-4)14-26-13-16(10-11-22)12-15-8-6-5-7-9-15/h5-9,11,16-17H,10,12-14H2,1-4H3,(H,21,24)/t16?,17-/m0/s1. The number of alkyl carbamates (subject to hydrolysis) is 1. The summed E-state index contributed by atoms with van der Waals surface area (Å²) in [5, 5.41) is 2.45. The molecule has 0 aliphatic carbocycles. The molecule has 1 N–H and O–H groups in total. The van der Waals surface area contributed by atoms with Crippen LogP contribution >= 0.6 is 0 Å². The number of methoxy groups -OCH3 is 1. The molecule has 2 atom stereocenters. The highest BCUT2D eigenvalue weighted by atomic mass is 16.6. The number of aldehydes is 1. The summed E-state index contributed by atoms with van der Waals surface area (Å²) in [5.74, 6) is -0.652. The second-order valence-electron chi connectivity index (χ2n) is 7.22. The molecule has 1 rings (SSSR count). The van der Waals surface area contributed by atoms with Crippen molar-refractivity contribution in [3.63, 3.8) is 0 Å². The van der Waals surface area contributed by atoms with Gasteiger partial charge < -0.3 is 24.3 Å². The van der Waals surface area contributed by atoms with Crippen molar-refractivity contribution in [3.05, 3.63) is 35.9 Å². The smallest absolute Gasteiger partial charge is 0.408 e. The molecule has 0 heterocycles. The molecule has 0 radical (unpaired) electrons. The van der Waals surface area contributed by atoms with Gasteiger partial charge in [-0.1, -0.05) is 30.3 Å². The van der Waals surface area contributed by atoms with E-state index in [0.29, 0.717) is 12.8 Å². The summed E-state index contributed by atoms with van der Waals surface area (Å²) >= 11 is 0. The number of ether oxygens (including phenoxy) is 3. The molecule has 150 valence electrons. The molecule has 7 nitrogen and oxygen atoms in total. The van der Waals surface area contributed by atoms with Crippen molar-refractivity contribution < 1.29 is 28.6 Å². The highest BCUT2D eigenvalue weighted by molar-refractivity contribution is 5.81. The summed E-state index contributed by atoms with van der Waals surface area (Å²) in [6, 6.07) is 8.78. The molecule has 1 amide bonds. The molecule has 0 saturated carbocycles. The second kappa shape index (κ2) is 11.3. The summed E-state index contributed by atoms with van der Waals surface area (Å²) in [4.78, 5) is 34.7. The van der Waals surface area contributed by atoms with E-state index in [1.54, 1.807) is 20.8 Å². The maximum absolute atomic E-state index is 11.9. The number of carbonyl (C=O) groups is 3. The fraction of sp³-hybridized carbons (Fsp3) is 0.550. The van der Waals surface area contributed by atoms with Crippen LogP contribution in [0.3, 0.4) is 0 Å². The predicted octanol–water partition coefficient (Wildman–Crippen LogP) is 2.52. The molecular weight excluding hydrogens is 350 g/mol. The topological polar surface area (TPSA) is 90.9 Å². The first-order chi connectivity index (χ1) is 12.7. The molecule has 1 unspecified atom stereocenters. The van der Waals surface area contributed by atoms with E-state index in [1.165, 1.54) is 7.11 Å². The third-order valence-electron chi connectivity index (χ3n) is 3.61. The molecule has 0 fully saturated rings. The van der Waals surface area contributed by atoms with Crippen LogP contribution in [-0.4, -0.2) is 50.3 Å². The number of carbonyl (C=O) groups excluding carboxylic acids is 3. The number of benzene rings is 1. The lowest BCUT2D eigenvalue weighted by molar-refractivity contribution is -0.145. The van der Waals surface area contributed by atoms with Crippen molar-refractivity contribution in [3.8, 4) is 0 Å². The molecule has 0 spiro atoms. The Labute approximate surface area is 160 Å². The number of esters is 1. The van der Waals surface area contributed by atoms with Crippen molar-refractivity contribution in [1.82, 2.24) is 5.32 Å². The predicted molar refractivity (Wildman–Crippen MR) is 100 cm³/mol. The van der Waals surface area contributed by atoms with Gasteiger partial charge in [-0.05, 0) is 38.7 Å². The Balaban J connectivity index is 2.58. The lowest BCUT2D eigenvalue weighted by Gasteiger charge is -2.23. The van der Waals surface area contributed by atoms with Crippen molar-refractivity contribution in [2.75, 3.05) is 20.3 Å². The highest BCUT2D eigenvalue weighted by Crippen LogP contribution is 2.12. The van der Waals surface area contributed by atoms with Crippen LogP contribution in [0.25, 0.3) is 0 Å². The van der Waals surface area contributed by atoms with Crippen molar-refractivity contribution in [2.24, 2.45) is 5.92 Å². The summed E-state index contributed by atoms with van der Waals surface area (Å²) < 4.78 is 15.5. The Kier molecular flexibility index (Phi) is 9.50. The van der Waals surface area contributed by atoms with Crippen LogP contribution < -0.4 is 5.32 Å². The summed E-state index contributed by atoms with van der Waals surface area (Å²) in [6.07, 6.45) is 1.16. The maximum Gasteiger partial charge on any atom is 0.408 e. The Morgan fingerprint density at radius 3 is 2.37 bits per heavy atom. The van der Waals surface area contributed by atoms with Crippen molar-refractivity contribution >= 4 is 18.3 Å². The van der Waals surface area contributed by atoms with E-state index in [2.05, 4.69) is 5.32 Å². The quantitative estimate of drug-likeness (QED) is 0.496. The van der Waals surface area contributed by atoms with Gasteiger partial charge >= 0.3 is 12.1 Å². The Morgan fingerprint density at radius 1 is 1.15 bits per heavy atom. The van der Waals surface area contributed by atoms with Crippen LogP contribution in [0, 0.1) is 5.92 Å². The van der Waals surface area contributed by atoms with Gasteiger partial charge in [0.15, 0.2) is 6.04 Å². The lowest BCUT2D eigenvalue weighted by Crippen LogP contribution is -2.46. The van der Waals surface area contributed by atoms with E-state index in [0.717, 1.165) is 11.8 Å². The summed E-state index contributed by atoms with van der Waals surface area (Å²) in [7, 11) is 1.23. The van der Waals surface area contributed by atoms with Gasteiger partial charge in [0.25, 0.3) is 0 Å². The number of rotatable bonds is 10. The molecule has 7 heteroatoms. The third kappa shape index (κ3) is 9.75. The molecule has 0 bridgehead atoms. The molecule has 0 aliphatic rings. The van der Waals surface area contributed by atoms with Gasteiger partial charge in [0.05, 0.1) is 20.3 Å². The molecular formula is C20H29NO6. The zero-order chi connectivity index (χ0) is 20.3. The van der Waals surface area contributed by atoms with E-state index in [9.17, 15) is 14.4 Å². The van der Waals surface area contributed by atoms with Gasteiger partial charge in [0, 0.05) is 6.42 Å². The van der Waals surface area contributed by atoms with E-state index in [1.807, 2.05) is 30.3 Å². The van der Waals surface area contributed by atoms with Crippen molar-refractivity contribution in [1.29, 1.82) is 0 Å². The van der Waals surface area contributed by atoms with E-state index in [4.69, 9.17) is 14.2 Å². The van der Waals surface area contributed by atoms with E-state index < -0.39 is 23.7 Å². The Hall–Kier alpha value is -2.41. The van der Waals surface area contributed by atoms with Crippen LogP contribution in [0.1, 0.15) is 32.8 Å². The molecule has 1 aromatic carbocycles. The van der Waals surface area contributed by atoms with Gasteiger partial charge in [-0.2, -0.15) is 0 Å². The second-order valence-corrected chi connectivity index (χ2v) is 7.22. The largest absolute Gasteiger partial charge is 0.467 e. The van der Waals surface area contributed by atoms with Gasteiger partial charge in [-0.15, -0.1) is 0 Å². The van der Waals surface area contributed by atoms with E-state index >= 15 is 0 Å². The minimum absolute atomic E-state index is 0.0234. The average Bonchev–Trinajstić information content (AvgIpc) is 2.59. The monoisotopic (exact) mass is 379 g/mol. The Bertz CT molecular complexity index is 596. The van der Waals surface area contributed by atoms with Crippen LogP contribution in [0.15, 0.2) is 30.3 Å². The van der Waals surface area contributed by atoms with E-state index in [-0.39, 0.29) is 19.1 Å². The molecule has 0 aromatic heterocycles. The number of hydrogen-bond acceptors (Lipinski definition) is 6. The maximum atomic E-state index is 11.9. The van der Waals surface area contributed by atoms with Gasteiger partial charge in [0.1, 0.15) is 11.9 Å². The lowest BCUT2D eigenvalue weighted by atomic mass is 9.97. The third-order valence-corrected chi connectivity index (χ3v) is 3.61. The first kappa shape index (κ1) is 22.6. The zero-order valence-corrected chi connectivity index (χ0v) is 16.4. The normalized spacial score (nSPS) is 13.3. The fourth-order valence-corrected chi connectivity index (χ4v) is 2.41. The molecule has 0 aliphatic heterocycles. The van der Waals surface area contributed by atoms with Gasteiger partial charge in [-0.3, -0.25) is 0 Å². The zero-order valence-electron chi connectivity index (χ0n) is 16.4. The molecule has 0 saturated heterocycles. The average molecular weight is 379 g/mol. The first-order valence-corrected chi connectivity index (χ1v) is 8.87. The van der Waals surface area contributed by atoms with Crippen LogP contribution in [0.2, 0.25) is 0 Å². The van der Waals surface area contributed by atoms with Gasteiger partial charge in [-0.25, -0.2) is 9.59 Å². The number of amides is 1. The summed E-state index contributed by atoms with van der Waals surface area (Å²) in [6.45, 7) is 5.38. The number of hydrogen-bond donors (Lipinski definition) is 1. The molecule has 27 heavy (non-hydrogen) atoms. The van der Waals surface area contributed by atoms with Crippen molar-refractivity contribution in [2.45, 2.75) is 45.3 Å². The number of nitrogens with one attached hydrogen (secondary N) is 1.